The van der Waals surface area contributed by atoms with E-state index in [2.05, 4.69) is 24.8 Å². The molecule has 4 rings (SSSR count). The van der Waals surface area contributed by atoms with Gasteiger partial charge in [-0.2, -0.15) is 8.42 Å². The molecule has 0 aliphatic heterocycles. The Morgan fingerprint density at radius 2 is 2.00 bits per heavy atom. The third-order valence-corrected chi connectivity index (χ3v) is 8.05. The summed E-state index contributed by atoms with van der Waals surface area (Å²) < 4.78 is 28.4. The third-order valence-electron chi connectivity index (χ3n) is 7.55. The summed E-state index contributed by atoms with van der Waals surface area (Å²) in [6.45, 7) is 3.92. The second-order valence-electron chi connectivity index (χ2n) is 8.95. The summed E-state index contributed by atoms with van der Waals surface area (Å²) in [7, 11) is -3.96. The minimum atomic E-state index is -3.96. The number of primary amides is 1. The molecule has 1 amide bonds. The van der Waals surface area contributed by atoms with Gasteiger partial charge in [0.2, 0.25) is 5.91 Å². The van der Waals surface area contributed by atoms with Gasteiger partial charge in [0.15, 0.2) is 0 Å². The van der Waals surface area contributed by atoms with E-state index in [0.717, 1.165) is 38.5 Å². The van der Waals surface area contributed by atoms with E-state index in [-0.39, 0.29) is 11.5 Å². The number of amides is 1. The molecule has 2 saturated carbocycles. The van der Waals surface area contributed by atoms with Gasteiger partial charge in [-0.3, -0.25) is 8.98 Å². The summed E-state index contributed by atoms with van der Waals surface area (Å²) in [6.07, 6.45) is 5.11. The molecule has 156 valence electrons. The molecule has 0 aromatic heterocycles. The van der Waals surface area contributed by atoms with E-state index in [1.807, 2.05) is 6.07 Å². The fraction of sp³-hybridized carbons (Fsp3) is 0.591. The van der Waals surface area contributed by atoms with Crippen molar-refractivity contribution in [2.24, 2.45) is 28.1 Å². The number of benzene rings is 1. The highest BCUT2D eigenvalue weighted by atomic mass is 32.2. The molecule has 4 unspecified atom stereocenters. The van der Waals surface area contributed by atoms with Crippen molar-refractivity contribution < 1.29 is 17.4 Å². The lowest BCUT2D eigenvalue weighted by molar-refractivity contribution is -0.00802. The monoisotopic (exact) mass is 416 g/mol. The molecule has 7 heteroatoms. The van der Waals surface area contributed by atoms with Crippen LogP contribution in [-0.2, 0) is 20.9 Å². The second-order valence-corrected chi connectivity index (χ2v) is 10.1. The topological polar surface area (TPSA) is 112 Å². The van der Waals surface area contributed by atoms with E-state index in [1.165, 1.54) is 11.1 Å². The summed E-state index contributed by atoms with van der Waals surface area (Å²) >= 11 is 0. The molecule has 3 aliphatic rings. The lowest BCUT2D eigenvalue weighted by Crippen LogP contribution is -2.45. The maximum Gasteiger partial charge on any atom is 0.333 e. The molecule has 0 saturated heterocycles. The van der Waals surface area contributed by atoms with E-state index in [4.69, 9.17) is 15.1 Å². The lowest BCUT2D eigenvalue weighted by atomic mass is 9.55. The predicted molar refractivity (Wildman–Crippen MR) is 110 cm³/mol. The Morgan fingerprint density at radius 3 is 2.66 bits per heavy atom. The number of hydrogen-bond acceptors (Lipinski definition) is 4. The van der Waals surface area contributed by atoms with Crippen molar-refractivity contribution in [3.05, 3.63) is 34.4 Å². The third kappa shape index (κ3) is 3.48. The van der Waals surface area contributed by atoms with Gasteiger partial charge in [0, 0.05) is 5.56 Å². The van der Waals surface area contributed by atoms with Crippen molar-refractivity contribution >= 4 is 16.2 Å². The van der Waals surface area contributed by atoms with Crippen LogP contribution in [-0.4, -0.2) is 20.4 Å². The van der Waals surface area contributed by atoms with E-state index in [1.54, 1.807) is 6.92 Å². The number of rotatable bonds is 3. The Labute approximate surface area is 172 Å². The zero-order valence-corrected chi connectivity index (χ0v) is 17.7. The number of carbonyl (C=O) groups is 1. The fourth-order valence-corrected chi connectivity index (χ4v) is 6.98. The first-order valence-electron chi connectivity index (χ1n) is 10.2. The molecule has 1 aromatic rings. The fourth-order valence-electron chi connectivity index (χ4n) is 6.34. The van der Waals surface area contributed by atoms with Gasteiger partial charge in [-0.15, -0.1) is 5.92 Å². The summed E-state index contributed by atoms with van der Waals surface area (Å²) in [4.78, 5) is 11.9. The maximum atomic E-state index is 11.9. The van der Waals surface area contributed by atoms with Gasteiger partial charge in [0.25, 0.3) is 0 Å². The Kier molecular flexibility index (Phi) is 5.01. The van der Waals surface area contributed by atoms with Gasteiger partial charge >= 0.3 is 10.3 Å². The summed E-state index contributed by atoms with van der Waals surface area (Å²) in [5.41, 5.74) is 9.08. The Hall–Kier alpha value is -1.88. The van der Waals surface area contributed by atoms with Crippen LogP contribution >= 0.6 is 0 Å². The maximum absolute atomic E-state index is 11.9. The Balaban J connectivity index is 1.69. The average Bonchev–Trinajstić information content (AvgIpc) is 2.96. The van der Waals surface area contributed by atoms with Gasteiger partial charge in [0.05, 0.1) is 11.7 Å². The van der Waals surface area contributed by atoms with Crippen LogP contribution in [0, 0.1) is 29.1 Å². The Bertz CT molecular complexity index is 1020. The molecule has 1 aromatic carbocycles. The average molecular weight is 417 g/mol. The van der Waals surface area contributed by atoms with E-state index >= 15 is 0 Å². The Morgan fingerprint density at radius 1 is 1.24 bits per heavy atom. The minimum absolute atomic E-state index is 0.176. The normalized spacial score (nSPS) is 33.1. The molecule has 0 spiro atoms. The van der Waals surface area contributed by atoms with Crippen LogP contribution in [0.15, 0.2) is 12.1 Å². The van der Waals surface area contributed by atoms with Crippen molar-refractivity contribution in [3.63, 3.8) is 0 Å². The van der Waals surface area contributed by atoms with Crippen LogP contribution < -0.4 is 10.9 Å². The smallest absolute Gasteiger partial charge is 0.333 e. The summed E-state index contributed by atoms with van der Waals surface area (Å²) in [5.74, 6) is 6.75. The van der Waals surface area contributed by atoms with E-state index in [9.17, 15) is 13.2 Å². The summed E-state index contributed by atoms with van der Waals surface area (Å²) in [6, 6.07) is 4.00. The van der Waals surface area contributed by atoms with Gasteiger partial charge < -0.3 is 5.73 Å². The van der Waals surface area contributed by atoms with Gasteiger partial charge in [-0.05, 0) is 91.9 Å². The first-order valence-corrected chi connectivity index (χ1v) is 11.7. The number of fused-ring (bicyclic) bond motifs is 5. The van der Waals surface area contributed by atoms with Gasteiger partial charge in [0.1, 0.15) is 0 Å². The van der Waals surface area contributed by atoms with Crippen molar-refractivity contribution in [3.8, 4) is 11.8 Å². The van der Waals surface area contributed by atoms with Crippen LogP contribution in [0.4, 0.5) is 0 Å². The molecule has 5 atom stereocenters. The molecule has 29 heavy (non-hydrogen) atoms. The van der Waals surface area contributed by atoms with E-state index in [0.29, 0.717) is 28.9 Å². The molecule has 0 heterocycles. The molecule has 0 radical (unpaired) electrons. The number of hydrogen-bond donors (Lipinski definition) is 2. The van der Waals surface area contributed by atoms with Crippen molar-refractivity contribution in [1.82, 2.24) is 0 Å². The second kappa shape index (κ2) is 7.12. The zero-order chi connectivity index (χ0) is 21.0. The van der Waals surface area contributed by atoms with Crippen LogP contribution in [0.3, 0.4) is 0 Å². The standard InChI is InChI=1S/C22H28N2O4S/c1-3-4-13-11-17-14(12-18(13)21(23)25)5-6-16-15(17)9-10-22(2)19(16)7-8-20(22)28-29(24,26)27/h11-12,15-16,19-20H,5-10H2,1-2H3,(H2,23,25)(H2,24,26,27)/t15?,16?,19?,20?,22-/m0/s1. The van der Waals surface area contributed by atoms with Gasteiger partial charge in [-0.1, -0.05) is 12.8 Å². The number of carbonyl (C=O) groups excluding carboxylic acids is 1. The van der Waals surface area contributed by atoms with Crippen LogP contribution in [0.1, 0.15) is 78.9 Å². The lowest BCUT2D eigenvalue weighted by Gasteiger charge is -2.50. The quantitative estimate of drug-likeness (QED) is 0.738. The van der Waals surface area contributed by atoms with Crippen LogP contribution in [0.25, 0.3) is 0 Å². The number of nitrogens with two attached hydrogens (primary N) is 2. The van der Waals surface area contributed by atoms with Crippen LogP contribution in [0.5, 0.6) is 0 Å². The first-order chi connectivity index (χ1) is 13.6. The van der Waals surface area contributed by atoms with Crippen molar-refractivity contribution in [2.75, 3.05) is 0 Å². The SMILES string of the molecule is CC#Cc1cc2c(cc1C(N)=O)CCC1C2CC[C@]2(C)C(OS(N)(=O)=O)CCC12. The van der Waals surface area contributed by atoms with Crippen molar-refractivity contribution in [1.29, 1.82) is 0 Å². The molecule has 2 fully saturated rings. The first kappa shape index (κ1) is 20.4. The summed E-state index contributed by atoms with van der Waals surface area (Å²) in [5, 5.41) is 5.17. The minimum Gasteiger partial charge on any atom is -0.366 e. The molecular weight excluding hydrogens is 388 g/mol. The molecule has 6 nitrogen and oxygen atoms in total. The predicted octanol–water partition coefficient (Wildman–Crippen LogP) is 2.60. The molecule has 4 N–H and O–H groups in total. The highest BCUT2D eigenvalue weighted by molar-refractivity contribution is 7.84. The van der Waals surface area contributed by atoms with Crippen molar-refractivity contribution in [2.45, 2.75) is 64.4 Å². The zero-order valence-electron chi connectivity index (χ0n) is 16.9. The van der Waals surface area contributed by atoms with E-state index < -0.39 is 16.2 Å². The molecule has 3 aliphatic carbocycles. The number of aryl methyl sites for hydroxylation is 1. The molecular formula is C22H28N2O4S. The largest absolute Gasteiger partial charge is 0.366 e. The molecule has 0 bridgehead atoms. The highest BCUT2D eigenvalue weighted by Gasteiger charge is 2.56. The van der Waals surface area contributed by atoms with Crippen LogP contribution in [0.2, 0.25) is 0 Å². The van der Waals surface area contributed by atoms with Gasteiger partial charge in [-0.25, -0.2) is 5.14 Å². The highest BCUT2D eigenvalue weighted by Crippen LogP contribution is 2.61.